The minimum absolute atomic E-state index is 0.150. The second-order valence-electron chi connectivity index (χ2n) is 5.79. The van der Waals surface area contributed by atoms with Crippen molar-refractivity contribution in [2.45, 2.75) is 24.0 Å². The van der Waals surface area contributed by atoms with Crippen LogP contribution in [-0.2, 0) is 14.8 Å². The lowest BCUT2D eigenvalue weighted by Gasteiger charge is -2.30. The predicted molar refractivity (Wildman–Crippen MR) is 93.4 cm³/mol. The maximum absolute atomic E-state index is 12.7. The molecule has 3 heterocycles. The number of amides is 1. The minimum Gasteiger partial charge on any atom is -0.326 e. The van der Waals surface area contributed by atoms with Crippen LogP contribution in [0.5, 0.6) is 0 Å². The Labute approximate surface area is 145 Å². The Bertz CT molecular complexity index is 818. The topological polar surface area (TPSA) is 79.4 Å². The van der Waals surface area contributed by atoms with E-state index < -0.39 is 10.0 Å². The fourth-order valence-electron chi connectivity index (χ4n) is 2.73. The molecule has 2 aromatic rings. The van der Waals surface area contributed by atoms with Gasteiger partial charge in [0, 0.05) is 36.0 Å². The van der Waals surface area contributed by atoms with Crippen molar-refractivity contribution in [2.24, 2.45) is 5.92 Å². The van der Waals surface area contributed by atoms with Gasteiger partial charge in [-0.25, -0.2) is 8.42 Å². The van der Waals surface area contributed by atoms with Gasteiger partial charge in [0.1, 0.15) is 4.21 Å². The first-order valence-corrected chi connectivity index (χ1v) is 10.00. The van der Waals surface area contributed by atoms with Gasteiger partial charge in [-0.05, 0) is 44.0 Å². The molecule has 1 saturated heterocycles. The van der Waals surface area contributed by atoms with Gasteiger partial charge in [-0.2, -0.15) is 4.31 Å². The van der Waals surface area contributed by atoms with E-state index in [1.807, 2.05) is 6.92 Å². The molecule has 0 spiro atoms. The minimum atomic E-state index is -3.52. The Hall–Kier alpha value is -1.77. The van der Waals surface area contributed by atoms with Gasteiger partial charge in [0.05, 0.1) is 5.92 Å². The Balaban J connectivity index is 1.71. The number of sulfonamides is 1. The van der Waals surface area contributed by atoms with Gasteiger partial charge in [-0.3, -0.25) is 9.78 Å². The Morgan fingerprint density at radius 2 is 2.04 bits per heavy atom. The quantitative estimate of drug-likeness (QED) is 0.903. The van der Waals surface area contributed by atoms with Crippen LogP contribution in [0.3, 0.4) is 0 Å². The number of carbonyl (C=O) groups is 1. The summed E-state index contributed by atoms with van der Waals surface area (Å²) in [6, 6.07) is 6.86. The maximum Gasteiger partial charge on any atom is 0.252 e. The number of thiophene rings is 1. The van der Waals surface area contributed by atoms with Crippen LogP contribution in [0.1, 0.15) is 17.7 Å². The first-order valence-electron chi connectivity index (χ1n) is 7.74. The highest BCUT2D eigenvalue weighted by Crippen LogP contribution is 2.28. The van der Waals surface area contributed by atoms with Crippen molar-refractivity contribution in [1.82, 2.24) is 9.29 Å². The van der Waals surface area contributed by atoms with E-state index in [9.17, 15) is 13.2 Å². The van der Waals surface area contributed by atoms with Crippen molar-refractivity contribution in [3.05, 3.63) is 41.5 Å². The van der Waals surface area contributed by atoms with Crippen molar-refractivity contribution in [1.29, 1.82) is 0 Å². The summed E-state index contributed by atoms with van der Waals surface area (Å²) in [6.45, 7) is 2.55. The molecule has 8 heteroatoms. The molecule has 1 aliphatic heterocycles. The van der Waals surface area contributed by atoms with E-state index in [4.69, 9.17) is 0 Å². The third-order valence-electron chi connectivity index (χ3n) is 4.01. The van der Waals surface area contributed by atoms with Crippen LogP contribution in [-0.4, -0.2) is 36.7 Å². The first-order chi connectivity index (χ1) is 11.5. The third kappa shape index (κ3) is 3.66. The van der Waals surface area contributed by atoms with Gasteiger partial charge >= 0.3 is 0 Å². The van der Waals surface area contributed by atoms with Crippen LogP contribution < -0.4 is 5.32 Å². The summed E-state index contributed by atoms with van der Waals surface area (Å²) in [7, 11) is -3.52. The molecular weight excluding hydrogens is 346 g/mol. The van der Waals surface area contributed by atoms with Gasteiger partial charge < -0.3 is 5.32 Å². The van der Waals surface area contributed by atoms with Crippen LogP contribution in [0.15, 0.2) is 40.9 Å². The summed E-state index contributed by atoms with van der Waals surface area (Å²) in [5.41, 5.74) is 0.670. The molecule has 0 bridgehead atoms. The Kier molecular flexibility index (Phi) is 4.98. The summed E-state index contributed by atoms with van der Waals surface area (Å²) >= 11 is 1.26. The molecular formula is C16H19N3O3S2. The van der Waals surface area contributed by atoms with Crippen LogP contribution in [0, 0.1) is 12.8 Å². The molecule has 6 nitrogen and oxygen atoms in total. The van der Waals surface area contributed by atoms with Gasteiger partial charge in [0.2, 0.25) is 5.91 Å². The molecule has 3 rings (SSSR count). The molecule has 0 saturated carbocycles. The van der Waals surface area contributed by atoms with E-state index in [1.54, 1.807) is 36.7 Å². The van der Waals surface area contributed by atoms with E-state index >= 15 is 0 Å². The van der Waals surface area contributed by atoms with Crippen LogP contribution >= 0.6 is 11.3 Å². The number of nitrogens with one attached hydrogen (secondary N) is 1. The van der Waals surface area contributed by atoms with E-state index in [1.165, 1.54) is 15.6 Å². The van der Waals surface area contributed by atoms with Gasteiger partial charge in [0.25, 0.3) is 10.0 Å². The molecule has 2 aromatic heterocycles. The molecule has 0 aromatic carbocycles. The van der Waals surface area contributed by atoms with Gasteiger partial charge in [0.15, 0.2) is 0 Å². The average Bonchev–Trinajstić information content (AvgIpc) is 3.03. The number of carbonyl (C=O) groups excluding carboxylic acids is 1. The number of aryl methyl sites for hydroxylation is 1. The molecule has 1 amide bonds. The van der Waals surface area contributed by atoms with E-state index in [-0.39, 0.29) is 18.4 Å². The molecule has 128 valence electrons. The fourth-order valence-corrected chi connectivity index (χ4v) is 5.69. The standard InChI is InChI=1S/C16H19N3O3S2/c1-12-4-5-15(23-12)24(21,22)19-10-2-3-13(11-19)16(20)18-14-6-8-17-9-7-14/h4-9,13H,2-3,10-11H2,1H3,(H,17,18,20). The molecule has 24 heavy (non-hydrogen) atoms. The van der Waals surface area contributed by atoms with Crippen LogP contribution in [0.4, 0.5) is 5.69 Å². The second-order valence-corrected chi connectivity index (χ2v) is 9.25. The SMILES string of the molecule is Cc1ccc(S(=O)(=O)N2CCCC(C(=O)Nc3ccncc3)C2)s1. The number of hydrogen-bond donors (Lipinski definition) is 1. The van der Waals surface area contributed by atoms with E-state index in [0.29, 0.717) is 29.3 Å². The number of anilines is 1. The van der Waals surface area contributed by atoms with Crippen LogP contribution in [0.2, 0.25) is 0 Å². The zero-order chi connectivity index (χ0) is 17.2. The number of aromatic nitrogens is 1. The number of pyridine rings is 1. The Morgan fingerprint density at radius 1 is 1.29 bits per heavy atom. The van der Waals surface area contributed by atoms with Gasteiger partial charge in [-0.1, -0.05) is 0 Å². The van der Waals surface area contributed by atoms with E-state index in [2.05, 4.69) is 10.3 Å². The normalized spacial score (nSPS) is 19.1. The van der Waals surface area contributed by atoms with Crippen molar-refractivity contribution in [3.63, 3.8) is 0 Å². The molecule has 1 aliphatic rings. The lowest BCUT2D eigenvalue weighted by molar-refractivity contribution is -0.120. The molecule has 1 unspecified atom stereocenters. The first kappa shape index (κ1) is 17.1. The molecule has 0 aliphatic carbocycles. The second kappa shape index (κ2) is 7.00. The molecule has 0 radical (unpaired) electrons. The summed E-state index contributed by atoms with van der Waals surface area (Å²) < 4.78 is 27.2. The molecule has 1 fully saturated rings. The van der Waals surface area contributed by atoms with Gasteiger partial charge in [-0.15, -0.1) is 11.3 Å². The Morgan fingerprint density at radius 3 is 2.71 bits per heavy atom. The third-order valence-corrected chi connectivity index (χ3v) is 7.35. The molecule has 1 N–H and O–H groups in total. The van der Waals surface area contributed by atoms with Crippen molar-refractivity contribution < 1.29 is 13.2 Å². The fraction of sp³-hybridized carbons (Fsp3) is 0.375. The number of hydrogen-bond acceptors (Lipinski definition) is 5. The lowest BCUT2D eigenvalue weighted by Crippen LogP contribution is -2.43. The summed E-state index contributed by atoms with van der Waals surface area (Å²) in [5, 5.41) is 2.83. The number of rotatable bonds is 4. The smallest absolute Gasteiger partial charge is 0.252 e. The maximum atomic E-state index is 12.7. The predicted octanol–water partition coefficient (Wildman–Crippen LogP) is 2.49. The monoisotopic (exact) mass is 365 g/mol. The molecule has 1 atom stereocenters. The number of piperidine rings is 1. The average molecular weight is 365 g/mol. The highest BCUT2D eigenvalue weighted by Gasteiger charge is 2.34. The lowest BCUT2D eigenvalue weighted by atomic mass is 9.99. The summed E-state index contributed by atoms with van der Waals surface area (Å²) in [5.74, 6) is -0.494. The van der Waals surface area contributed by atoms with Crippen molar-refractivity contribution in [3.8, 4) is 0 Å². The number of nitrogens with zero attached hydrogens (tertiary/aromatic N) is 2. The summed E-state index contributed by atoms with van der Waals surface area (Å²) in [4.78, 5) is 17.3. The zero-order valence-corrected chi connectivity index (χ0v) is 14.9. The van der Waals surface area contributed by atoms with Crippen LogP contribution in [0.25, 0.3) is 0 Å². The zero-order valence-electron chi connectivity index (χ0n) is 13.3. The highest BCUT2D eigenvalue weighted by atomic mass is 32.2. The summed E-state index contributed by atoms with van der Waals surface area (Å²) in [6.07, 6.45) is 4.57. The van der Waals surface area contributed by atoms with Crippen molar-refractivity contribution in [2.75, 3.05) is 18.4 Å². The highest BCUT2D eigenvalue weighted by molar-refractivity contribution is 7.91. The van der Waals surface area contributed by atoms with Crippen molar-refractivity contribution >= 4 is 33.0 Å². The van der Waals surface area contributed by atoms with E-state index in [0.717, 1.165) is 4.88 Å². The largest absolute Gasteiger partial charge is 0.326 e.